The summed E-state index contributed by atoms with van der Waals surface area (Å²) in [5.41, 5.74) is -0.348. The quantitative estimate of drug-likeness (QED) is 0.413. The first-order valence-corrected chi connectivity index (χ1v) is 9.48. The van der Waals surface area contributed by atoms with Crippen molar-refractivity contribution in [3.63, 3.8) is 0 Å². The van der Waals surface area contributed by atoms with Gasteiger partial charge in [-0.2, -0.15) is 13.2 Å². The van der Waals surface area contributed by atoms with Crippen LogP contribution in [0.25, 0.3) is 0 Å². The summed E-state index contributed by atoms with van der Waals surface area (Å²) in [6.07, 6.45) is -4.04. The molecule has 0 aliphatic rings. The molecule has 2 amide bonds. The molecule has 2 aromatic rings. The van der Waals surface area contributed by atoms with Crippen LogP contribution in [0.4, 0.5) is 13.2 Å². The molecule has 2 heterocycles. The summed E-state index contributed by atoms with van der Waals surface area (Å²) in [7, 11) is 0. The number of pyridine rings is 2. The van der Waals surface area contributed by atoms with E-state index in [9.17, 15) is 22.8 Å². The van der Waals surface area contributed by atoms with Gasteiger partial charge in [-0.05, 0) is 25.1 Å². The zero-order valence-electron chi connectivity index (χ0n) is 15.7. The molecule has 12 heteroatoms. The van der Waals surface area contributed by atoms with Crippen LogP contribution in [0, 0.1) is 6.92 Å². The van der Waals surface area contributed by atoms with Crippen molar-refractivity contribution in [3.05, 3.63) is 57.1 Å². The lowest BCUT2D eigenvalue weighted by molar-refractivity contribution is -0.137. The van der Waals surface area contributed by atoms with Gasteiger partial charge in [-0.15, -0.1) is 0 Å². The van der Waals surface area contributed by atoms with Crippen LogP contribution in [-0.2, 0) is 6.18 Å². The van der Waals surface area contributed by atoms with Crippen LogP contribution < -0.4 is 16.0 Å². The molecule has 30 heavy (non-hydrogen) atoms. The summed E-state index contributed by atoms with van der Waals surface area (Å²) in [4.78, 5) is 31.5. The molecule has 3 N–H and O–H groups in total. The maximum absolute atomic E-state index is 12.6. The Morgan fingerprint density at radius 2 is 1.67 bits per heavy atom. The molecule has 0 bridgehead atoms. The van der Waals surface area contributed by atoms with Crippen molar-refractivity contribution in [2.75, 3.05) is 26.2 Å². The number of carbonyl (C=O) groups is 2. The largest absolute Gasteiger partial charge is 0.417 e. The molecule has 2 aromatic heterocycles. The van der Waals surface area contributed by atoms with E-state index in [1.165, 1.54) is 0 Å². The first-order valence-electron chi connectivity index (χ1n) is 8.72. The van der Waals surface area contributed by atoms with Crippen molar-refractivity contribution in [2.45, 2.75) is 13.1 Å². The number of nitrogens with zero attached hydrogens (tertiary/aromatic N) is 2. The monoisotopic (exact) mass is 463 g/mol. The Morgan fingerprint density at radius 1 is 1.03 bits per heavy atom. The van der Waals surface area contributed by atoms with E-state index in [2.05, 4.69) is 25.9 Å². The standard InChI is InChI=1S/C18H18Cl2F3N5O2/c1-10-2-3-12(15(20)28-10)16(29)25-6-4-24-5-7-26-17(30)14-13(19)8-11(9-27-14)18(21,22)23/h2-3,8-9,24H,4-7H2,1H3,(H,25,29)(H,26,30). The van der Waals surface area contributed by atoms with Gasteiger partial charge < -0.3 is 16.0 Å². The average Bonchev–Trinajstić information content (AvgIpc) is 2.66. The second-order valence-electron chi connectivity index (χ2n) is 6.10. The third kappa shape index (κ3) is 6.82. The highest BCUT2D eigenvalue weighted by atomic mass is 35.5. The Labute approximate surface area is 180 Å². The number of halogens is 5. The van der Waals surface area contributed by atoms with Crippen molar-refractivity contribution in [2.24, 2.45) is 0 Å². The molecule has 0 spiro atoms. The van der Waals surface area contributed by atoms with Crippen molar-refractivity contribution in [3.8, 4) is 0 Å². The van der Waals surface area contributed by atoms with Gasteiger partial charge in [0.15, 0.2) is 0 Å². The predicted octanol–water partition coefficient (Wildman–Crippen LogP) is 2.86. The number of aryl methyl sites for hydroxylation is 1. The molecule has 0 aromatic carbocycles. The normalized spacial score (nSPS) is 11.3. The summed E-state index contributed by atoms with van der Waals surface area (Å²) >= 11 is 11.6. The molecule has 2 rings (SSSR count). The smallest absolute Gasteiger partial charge is 0.351 e. The maximum Gasteiger partial charge on any atom is 0.417 e. The van der Waals surface area contributed by atoms with Crippen LogP contribution in [0.5, 0.6) is 0 Å². The molecule has 0 aliphatic heterocycles. The number of hydrogen-bond acceptors (Lipinski definition) is 5. The third-order valence-corrected chi connectivity index (χ3v) is 4.37. The Morgan fingerprint density at radius 3 is 2.23 bits per heavy atom. The molecular weight excluding hydrogens is 446 g/mol. The zero-order chi connectivity index (χ0) is 22.3. The Kier molecular flexibility index (Phi) is 8.39. The van der Waals surface area contributed by atoms with Crippen LogP contribution in [0.1, 0.15) is 32.1 Å². The Balaban J connectivity index is 1.68. The minimum Gasteiger partial charge on any atom is -0.351 e. The van der Waals surface area contributed by atoms with Crippen LogP contribution >= 0.6 is 23.2 Å². The van der Waals surface area contributed by atoms with E-state index >= 15 is 0 Å². The van der Waals surface area contributed by atoms with Crippen LogP contribution in [0.15, 0.2) is 24.4 Å². The number of alkyl halides is 3. The molecule has 162 valence electrons. The number of hydrogen-bond donors (Lipinski definition) is 3. The summed E-state index contributed by atoms with van der Waals surface area (Å²) in [5, 5.41) is 7.89. The number of carbonyl (C=O) groups excluding carboxylic acids is 2. The number of amides is 2. The van der Waals surface area contributed by atoms with E-state index in [0.29, 0.717) is 37.6 Å². The summed E-state index contributed by atoms with van der Waals surface area (Å²) in [6.45, 7) is 3.02. The van der Waals surface area contributed by atoms with Crippen molar-refractivity contribution in [1.82, 2.24) is 25.9 Å². The van der Waals surface area contributed by atoms with Crippen molar-refractivity contribution < 1.29 is 22.8 Å². The van der Waals surface area contributed by atoms with Crippen molar-refractivity contribution >= 4 is 35.0 Å². The van der Waals surface area contributed by atoms with Gasteiger partial charge in [0.05, 0.1) is 16.1 Å². The fraction of sp³-hybridized carbons (Fsp3) is 0.333. The SMILES string of the molecule is Cc1ccc(C(=O)NCCNCCNC(=O)c2ncc(C(F)(F)F)cc2Cl)c(Cl)n1. The second kappa shape index (κ2) is 10.6. The van der Waals surface area contributed by atoms with E-state index in [-0.39, 0.29) is 33.9 Å². The minimum atomic E-state index is -4.59. The van der Waals surface area contributed by atoms with Gasteiger partial charge in [-0.25, -0.2) is 9.97 Å². The molecule has 0 saturated heterocycles. The van der Waals surface area contributed by atoms with E-state index < -0.39 is 17.6 Å². The lowest BCUT2D eigenvalue weighted by atomic mass is 10.2. The topological polar surface area (TPSA) is 96.0 Å². The van der Waals surface area contributed by atoms with Gasteiger partial charge in [0, 0.05) is 38.1 Å². The Hall–Kier alpha value is -2.43. The predicted molar refractivity (Wildman–Crippen MR) is 106 cm³/mol. The highest BCUT2D eigenvalue weighted by molar-refractivity contribution is 6.33. The van der Waals surface area contributed by atoms with E-state index in [1.54, 1.807) is 19.1 Å². The summed E-state index contributed by atoms with van der Waals surface area (Å²) < 4.78 is 37.8. The van der Waals surface area contributed by atoms with Gasteiger partial charge in [0.1, 0.15) is 10.8 Å². The molecule has 0 saturated carbocycles. The van der Waals surface area contributed by atoms with Crippen LogP contribution in [0.2, 0.25) is 10.2 Å². The fourth-order valence-electron chi connectivity index (χ4n) is 2.29. The molecule has 0 radical (unpaired) electrons. The molecular formula is C18H18Cl2F3N5O2. The number of rotatable bonds is 8. The van der Waals surface area contributed by atoms with Crippen LogP contribution in [-0.4, -0.2) is 48.0 Å². The maximum atomic E-state index is 12.6. The van der Waals surface area contributed by atoms with E-state index in [4.69, 9.17) is 23.2 Å². The minimum absolute atomic E-state index is 0.124. The average molecular weight is 464 g/mol. The van der Waals surface area contributed by atoms with Gasteiger partial charge in [-0.1, -0.05) is 23.2 Å². The van der Waals surface area contributed by atoms with E-state index in [0.717, 1.165) is 0 Å². The van der Waals surface area contributed by atoms with Crippen molar-refractivity contribution in [1.29, 1.82) is 0 Å². The first kappa shape index (κ1) is 23.8. The Bertz CT molecular complexity index is 925. The highest BCUT2D eigenvalue weighted by Crippen LogP contribution is 2.30. The molecule has 0 aliphatic carbocycles. The van der Waals surface area contributed by atoms with Crippen LogP contribution in [0.3, 0.4) is 0 Å². The second-order valence-corrected chi connectivity index (χ2v) is 6.87. The molecule has 0 fully saturated rings. The van der Waals surface area contributed by atoms with Gasteiger partial charge in [0.2, 0.25) is 0 Å². The number of aromatic nitrogens is 2. The summed E-state index contributed by atoms with van der Waals surface area (Å²) in [5.74, 6) is -1.05. The fourth-order valence-corrected chi connectivity index (χ4v) is 2.82. The molecule has 7 nitrogen and oxygen atoms in total. The number of nitrogens with one attached hydrogen (secondary N) is 3. The lowest BCUT2D eigenvalue weighted by Gasteiger charge is -2.10. The van der Waals surface area contributed by atoms with Gasteiger partial charge in [0.25, 0.3) is 11.8 Å². The van der Waals surface area contributed by atoms with Gasteiger partial charge >= 0.3 is 6.18 Å². The summed E-state index contributed by atoms with van der Waals surface area (Å²) in [6, 6.07) is 3.92. The van der Waals surface area contributed by atoms with E-state index in [1.807, 2.05) is 0 Å². The lowest BCUT2D eigenvalue weighted by Crippen LogP contribution is -2.36. The molecule has 0 atom stereocenters. The zero-order valence-corrected chi connectivity index (χ0v) is 17.3. The highest BCUT2D eigenvalue weighted by Gasteiger charge is 2.32. The van der Waals surface area contributed by atoms with Gasteiger partial charge in [-0.3, -0.25) is 9.59 Å². The first-order chi connectivity index (χ1) is 14.1. The molecule has 0 unspecified atom stereocenters. The third-order valence-electron chi connectivity index (χ3n) is 3.79.